The van der Waals surface area contributed by atoms with Crippen molar-refractivity contribution in [3.8, 4) is 0 Å². The third kappa shape index (κ3) is 3.63. The van der Waals surface area contributed by atoms with E-state index in [0.29, 0.717) is 12.5 Å². The molecule has 2 aromatic heterocycles. The summed E-state index contributed by atoms with van der Waals surface area (Å²) in [5.74, 6) is 1.60. The monoisotopic (exact) mass is 308 g/mol. The summed E-state index contributed by atoms with van der Waals surface area (Å²) in [6.07, 6.45) is 2.04. The van der Waals surface area contributed by atoms with E-state index in [2.05, 4.69) is 47.0 Å². The molecule has 0 saturated heterocycles. The molecule has 6 heteroatoms. The van der Waals surface area contributed by atoms with Gasteiger partial charge in [-0.05, 0) is 25.8 Å². The number of likely N-dealkylation sites (N-methyl/N-ethyl adjacent to an activating group) is 1. The molecule has 0 aliphatic heterocycles. The second-order valence-electron chi connectivity index (χ2n) is 4.89. The second kappa shape index (κ2) is 7.56. The fourth-order valence-corrected chi connectivity index (χ4v) is 3.18. The topological polar surface area (TPSA) is 61.3 Å². The maximum Gasteiger partial charge on any atom is 0.226 e. The Morgan fingerprint density at radius 3 is 2.71 bits per heavy atom. The van der Waals surface area contributed by atoms with Gasteiger partial charge < -0.3 is 15.3 Å². The van der Waals surface area contributed by atoms with Crippen LogP contribution in [-0.2, 0) is 6.42 Å². The van der Waals surface area contributed by atoms with Gasteiger partial charge in [0, 0.05) is 24.5 Å². The van der Waals surface area contributed by atoms with Gasteiger partial charge in [0.2, 0.25) is 5.95 Å². The van der Waals surface area contributed by atoms with Crippen LogP contribution in [0.2, 0.25) is 0 Å². The molecule has 0 unspecified atom stereocenters. The smallest absolute Gasteiger partial charge is 0.226 e. The molecule has 0 saturated carbocycles. The SMILES string of the molecule is CCCNc1nc(N(CC)CCO)c2cc(CC)sc2n1. The normalized spacial score (nSPS) is 11.0. The van der Waals surface area contributed by atoms with E-state index in [1.165, 1.54) is 4.88 Å². The van der Waals surface area contributed by atoms with Gasteiger partial charge in [-0.2, -0.15) is 4.98 Å². The molecule has 0 bridgehead atoms. The number of nitrogens with zero attached hydrogens (tertiary/aromatic N) is 3. The number of thiophene rings is 1. The first-order valence-electron chi connectivity index (χ1n) is 7.63. The van der Waals surface area contributed by atoms with Crippen molar-refractivity contribution < 1.29 is 5.11 Å². The van der Waals surface area contributed by atoms with Gasteiger partial charge >= 0.3 is 0 Å². The lowest BCUT2D eigenvalue weighted by atomic mass is 10.3. The van der Waals surface area contributed by atoms with E-state index in [1.807, 2.05) is 0 Å². The molecule has 0 atom stereocenters. The van der Waals surface area contributed by atoms with E-state index in [-0.39, 0.29) is 6.61 Å². The fraction of sp³-hybridized carbons (Fsp3) is 0.600. The van der Waals surface area contributed by atoms with Gasteiger partial charge in [0.1, 0.15) is 10.6 Å². The van der Waals surface area contributed by atoms with Crippen LogP contribution in [-0.4, -0.2) is 41.3 Å². The Morgan fingerprint density at radius 1 is 1.29 bits per heavy atom. The summed E-state index contributed by atoms with van der Waals surface area (Å²) in [6.45, 7) is 8.75. The van der Waals surface area contributed by atoms with Crippen LogP contribution in [0.4, 0.5) is 11.8 Å². The standard InChI is InChI=1S/C15H24N4OS/c1-4-7-16-15-17-13(19(6-3)8-9-20)12-10-11(5-2)21-14(12)18-15/h10,20H,4-9H2,1-3H3,(H,16,17,18). The van der Waals surface area contributed by atoms with Gasteiger partial charge in [-0.15, -0.1) is 11.3 Å². The number of nitrogens with one attached hydrogen (secondary N) is 1. The second-order valence-corrected chi connectivity index (χ2v) is 6.00. The van der Waals surface area contributed by atoms with Gasteiger partial charge in [0.05, 0.1) is 12.0 Å². The van der Waals surface area contributed by atoms with Crippen molar-refractivity contribution in [2.24, 2.45) is 0 Å². The summed E-state index contributed by atoms with van der Waals surface area (Å²) in [4.78, 5) is 13.7. The van der Waals surface area contributed by atoms with Gasteiger partial charge in [-0.25, -0.2) is 4.98 Å². The number of aliphatic hydroxyl groups excluding tert-OH is 1. The van der Waals surface area contributed by atoms with Crippen molar-refractivity contribution in [2.45, 2.75) is 33.6 Å². The highest BCUT2D eigenvalue weighted by atomic mass is 32.1. The average Bonchev–Trinajstić information content (AvgIpc) is 2.93. The molecular formula is C15H24N4OS. The summed E-state index contributed by atoms with van der Waals surface area (Å²) in [6, 6.07) is 2.18. The number of anilines is 2. The molecule has 21 heavy (non-hydrogen) atoms. The highest BCUT2D eigenvalue weighted by Crippen LogP contribution is 2.32. The van der Waals surface area contributed by atoms with E-state index in [0.717, 1.165) is 42.0 Å². The Labute approximate surface area is 130 Å². The molecule has 2 heterocycles. The van der Waals surface area contributed by atoms with Crippen molar-refractivity contribution in [2.75, 3.05) is 36.5 Å². The van der Waals surface area contributed by atoms with Crippen LogP contribution in [0, 0.1) is 0 Å². The predicted molar refractivity (Wildman–Crippen MR) is 90.5 cm³/mol. The predicted octanol–water partition coefficient (Wildman–Crippen LogP) is 2.89. The van der Waals surface area contributed by atoms with Crippen LogP contribution in [0.1, 0.15) is 32.1 Å². The number of aliphatic hydroxyl groups is 1. The van der Waals surface area contributed by atoms with Crippen molar-refractivity contribution in [1.29, 1.82) is 0 Å². The highest BCUT2D eigenvalue weighted by molar-refractivity contribution is 7.18. The molecule has 116 valence electrons. The third-order valence-corrected chi connectivity index (χ3v) is 4.53. The lowest BCUT2D eigenvalue weighted by molar-refractivity contribution is 0.302. The maximum atomic E-state index is 9.27. The zero-order chi connectivity index (χ0) is 15.2. The summed E-state index contributed by atoms with van der Waals surface area (Å²) < 4.78 is 0. The first-order chi connectivity index (χ1) is 10.2. The first-order valence-corrected chi connectivity index (χ1v) is 8.45. The number of aromatic nitrogens is 2. The molecule has 0 spiro atoms. The van der Waals surface area contributed by atoms with Crippen LogP contribution in [0.5, 0.6) is 0 Å². The van der Waals surface area contributed by atoms with Crippen molar-refractivity contribution in [1.82, 2.24) is 9.97 Å². The summed E-state index contributed by atoms with van der Waals surface area (Å²) in [7, 11) is 0. The third-order valence-electron chi connectivity index (χ3n) is 3.36. The average molecular weight is 308 g/mol. The van der Waals surface area contributed by atoms with E-state index in [9.17, 15) is 5.11 Å². The summed E-state index contributed by atoms with van der Waals surface area (Å²) in [5, 5.41) is 13.6. The molecule has 2 N–H and O–H groups in total. The molecule has 0 fully saturated rings. The van der Waals surface area contributed by atoms with E-state index in [4.69, 9.17) is 0 Å². The molecule has 0 aromatic carbocycles. The lowest BCUT2D eigenvalue weighted by Crippen LogP contribution is -2.27. The van der Waals surface area contributed by atoms with Crippen LogP contribution >= 0.6 is 11.3 Å². The maximum absolute atomic E-state index is 9.27. The zero-order valence-electron chi connectivity index (χ0n) is 13.0. The van der Waals surface area contributed by atoms with Crippen molar-refractivity contribution in [3.05, 3.63) is 10.9 Å². The van der Waals surface area contributed by atoms with E-state index in [1.54, 1.807) is 11.3 Å². The molecule has 0 aliphatic rings. The molecule has 2 aromatic rings. The first kappa shape index (κ1) is 16.0. The number of fused-ring (bicyclic) bond motifs is 1. The van der Waals surface area contributed by atoms with Crippen molar-refractivity contribution in [3.63, 3.8) is 0 Å². The lowest BCUT2D eigenvalue weighted by Gasteiger charge is -2.22. The molecule has 0 amide bonds. The molecule has 2 rings (SSSR count). The molecule has 0 aliphatic carbocycles. The zero-order valence-corrected chi connectivity index (χ0v) is 13.8. The Bertz CT molecular complexity index is 584. The quantitative estimate of drug-likeness (QED) is 0.785. The Morgan fingerprint density at radius 2 is 2.10 bits per heavy atom. The van der Waals surface area contributed by atoms with E-state index >= 15 is 0 Å². The van der Waals surface area contributed by atoms with Crippen LogP contribution in [0.15, 0.2) is 6.07 Å². The van der Waals surface area contributed by atoms with Gasteiger partial charge in [0.25, 0.3) is 0 Å². The Balaban J connectivity index is 2.49. The number of aryl methyl sites for hydroxylation is 1. The minimum absolute atomic E-state index is 0.127. The summed E-state index contributed by atoms with van der Waals surface area (Å²) in [5.41, 5.74) is 0. The fourth-order valence-electron chi connectivity index (χ4n) is 2.22. The van der Waals surface area contributed by atoms with Crippen LogP contribution in [0.25, 0.3) is 10.2 Å². The minimum Gasteiger partial charge on any atom is -0.395 e. The number of hydrogen-bond donors (Lipinski definition) is 2. The molecular weight excluding hydrogens is 284 g/mol. The van der Waals surface area contributed by atoms with Gasteiger partial charge in [-0.3, -0.25) is 0 Å². The van der Waals surface area contributed by atoms with Gasteiger partial charge in [0.15, 0.2) is 0 Å². The van der Waals surface area contributed by atoms with Crippen LogP contribution in [0.3, 0.4) is 0 Å². The number of hydrogen-bond acceptors (Lipinski definition) is 6. The van der Waals surface area contributed by atoms with Crippen molar-refractivity contribution >= 4 is 33.3 Å². The minimum atomic E-state index is 0.127. The van der Waals surface area contributed by atoms with E-state index < -0.39 is 0 Å². The Hall–Kier alpha value is -1.40. The highest BCUT2D eigenvalue weighted by Gasteiger charge is 2.15. The van der Waals surface area contributed by atoms with Crippen LogP contribution < -0.4 is 10.2 Å². The Kier molecular flexibility index (Phi) is 5.76. The molecule has 5 nitrogen and oxygen atoms in total. The summed E-state index contributed by atoms with van der Waals surface area (Å²) >= 11 is 1.72. The molecule has 0 radical (unpaired) electrons. The largest absolute Gasteiger partial charge is 0.395 e. The van der Waals surface area contributed by atoms with Gasteiger partial charge in [-0.1, -0.05) is 13.8 Å². The number of rotatable bonds is 8.